The van der Waals surface area contributed by atoms with Gasteiger partial charge in [-0.15, -0.1) is 0 Å². The maximum Gasteiger partial charge on any atom is 0.251 e. The number of ether oxygens (including phenoxy) is 1. The molecule has 35 heavy (non-hydrogen) atoms. The molecule has 0 saturated heterocycles. The molecule has 0 bridgehead atoms. The van der Waals surface area contributed by atoms with E-state index in [4.69, 9.17) is 9.72 Å². The number of halogens is 1. The average molecular weight is 534 g/mol. The molecule has 1 amide bonds. The molecule has 0 aliphatic heterocycles. The van der Waals surface area contributed by atoms with E-state index in [9.17, 15) is 4.79 Å². The molecular formula is C29H32BrN3O2. The minimum Gasteiger partial charge on any atom is -0.491 e. The maximum atomic E-state index is 12.3. The summed E-state index contributed by atoms with van der Waals surface area (Å²) in [5, 5.41) is 3.01. The lowest BCUT2D eigenvalue weighted by molar-refractivity contribution is 0.0953. The van der Waals surface area contributed by atoms with E-state index < -0.39 is 0 Å². The van der Waals surface area contributed by atoms with Crippen LogP contribution in [0.4, 0.5) is 0 Å². The Hall–Kier alpha value is -3.12. The summed E-state index contributed by atoms with van der Waals surface area (Å²) in [7, 11) is 0. The Bertz CT molecular complexity index is 1300. The molecule has 0 aliphatic carbocycles. The number of nitrogens with one attached hydrogen (secondary N) is 1. The second kappa shape index (κ2) is 12.0. The smallest absolute Gasteiger partial charge is 0.251 e. The first-order valence-electron chi connectivity index (χ1n) is 12.2. The summed E-state index contributed by atoms with van der Waals surface area (Å²) in [4.78, 5) is 17.2. The fourth-order valence-corrected chi connectivity index (χ4v) is 4.61. The monoisotopic (exact) mass is 533 g/mol. The van der Waals surface area contributed by atoms with Gasteiger partial charge in [-0.05, 0) is 74.2 Å². The molecule has 5 nitrogen and oxygen atoms in total. The standard InChI is InChI=1S/C29H32BrN3O2/c1-21-10-8-15-27(22(21)2)35-19-18-33-26-14-6-5-13-25(26)32-28(33)16-4-3-7-17-31-29(34)23-11-9-12-24(30)20-23/h5-6,8-15,20H,3-4,7,16-19H2,1-2H3,(H,31,34). The highest BCUT2D eigenvalue weighted by molar-refractivity contribution is 9.10. The van der Waals surface area contributed by atoms with E-state index in [2.05, 4.69) is 63.9 Å². The van der Waals surface area contributed by atoms with Crippen molar-refractivity contribution < 1.29 is 9.53 Å². The number of carbonyl (C=O) groups excluding carboxylic acids is 1. The quantitative estimate of drug-likeness (QED) is 0.220. The number of hydrogen-bond donors (Lipinski definition) is 1. The van der Waals surface area contributed by atoms with Crippen LogP contribution in [0.5, 0.6) is 5.75 Å². The Labute approximate surface area is 215 Å². The third-order valence-corrected chi connectivity index (χ3v) is 6.80. The number of fused-ring (bicyclic) bond motifs is 1. The number of aromatic nitrogens is 2. The summed E-state index contributed by atoms with van der Waals surface area (Å²) in [5.74, 6) is 2.01. The number of aryl methyl sites for hydroxylation is 2. The lowest BCUT2D eigenvalue weighted by Gasteiger charge is -2.13. The molecule has 0 fully saturated rings. The number of benzene rings is 3. The molecule has 0 unspecified atom stereocenters. The van der Waals surface area contributed by atoms with Crippen molar-refractivity contribution in [2.24, 2.45) is 0 Å². The van der Waals surface area contributed by atoms with E-state index in [1.165, 1.54) is 11.1 Å². The van der Waals surface area contributed by atoms with Gasteiger partial charge in [-0.3, -0.25) is 4.79 Å². The lowest BCUT2D eigenvalue weighted by Crippen LogP contribution is -2.24. The van der Waals surface area contributed by atoms with Crippen molar-refractivity contribution in [3.05, 3.63) is 93.7 Å². The van der Waals surface area contributed by atoms with Crippen LogP contribution in [0.15, 0.2) is 71.2 Å². The van der Waals surface area contributed by atoms with Crippen LogP contribution >= 0.6 is 15.9 Å². The fourth-order valence-electron chi connectivity index (χ4n) is 4.21. The molecule has 6 heteroatoms. The molecule has 0 spiro atoms. The van der Waals surface area contributed by atoms with Crippen molar-refractivity contribution in [1.82, 2.24) is 14.9 Å². The van der Waals surface area contributed by atoms with Gasteiger partial charge in [0.2, 0.25) is 0 Å². The Balaban J connectivity index is 1.29. The van der Waals surface area contributed by atoms with E-state index >= 15 is 0 Å². The first-order chi connectivity index (χ1) is 17.0. The number of carbonyl (C=O) groups is 1. The van der Waals surface area contributed by atoms with Gasteiger partial charge in [0.05, 0.1) is 17.6 Å². The first kappa shape index (κ1) is 25.0. The van der Waals surface area contributed by atoms with Crippen LogP contribution < -0.4 is 10.1 Å². The Morgan fingerprint density at radius 2 is 1.83 bits per heavy atom. The van der Waals surface area contributed by atoms with Gasteiger partial charge in [0.1, 0.15) is 18.2 Å². The van der Waals surface area contributed by atoms with Crippen LogP contribution in [0.1, 0.15) is 46.6 Å². The van der Waals surface area contributed by atoms with Crippen LogP contribution in [-0.4, -0.2) is 28.6 Å². The van der Waals surface area contributed by atoms with E-state index in [0.29, 0.717) is 18.7 Å². The molecule has 1 heterocycles. The second-order valence-corrected chi connectivity index (χ2v) is 9.71. The van der Waals surface area contributed by atoms with E-state index in [1.54, 1.807) is 0 Å². The van der Waals surface area contributed by atoms with Crippen molar-refractivity contribution in [3.8, 4) is 5.75 Å². The van der Waals surface area contributed by atoms with Gasteiger partial charge in [-0.1, -0.05) is 52.7 Å². The predicted octanol–water partition coefficient (Wildman–Crippen LogP) is 6.64. The molecule has 0 aliphatic rings. The van der Waals surface area contributed by atoms with Gasteiger partial charge in [0.15, 0.2) is 0 Å². The number of rotatable bonds is 11. The van der Waals surface area contributed by atoms with Crippen molar-refractivity contribution in [2.75, 3.05) is 13.2 Å². The summed E-state index contributed by atoms with van der Waals surface area (Å²) in [6.07, 6.45) is 3.89. The number of amides is 1. The third kappa shape index (κ3) is 6.51. The molecular weight excluding hydrogens is 502 g/mol. The third-order valence-electron chi connectivity index (χ3n) is 6.31. The SMILES string of the molecule is Cc1cccc(OCCn2c(CCCCCNC(=O)c3cccc(Br)c3)nc3ccccc32)c1C. The predicted molar refractivity (Wildman–Crippen MR) is 145 cm³/mol. The van der Waals surface area contributed by atoms with Crippen LogP contribution in [0.2, 0.25) is 0 Å². The van der Waals surface area contributed by atoms with E-state index in [1.807, 2.05) is 42.5 Å². The molecule has 4 aromatic rings. The fraction of sp³-hybridized carbons (Fsp3) is 0.310. The van der Waals surface area contributed by atoms with Gasteiger partial charge in [-0.25, -0.2) is 4.98 Å². The highest BCUT2D eigenvalue weighted by Gasteiger charge is 2.11. The van der Waals surface area contributed by atoms with Crippen LogP contribution in [-0.2, 0) is 13.0 Å². The Kier molecular flexibility index (Phi) is 8.59. The number of hydrogen-bond acceptors (Lipinski definition) is 3. The topological polar surface area (TPSA) is 56.1 Å². The maximum absolute atomic E-state index is 12.3. The van der Waals surface area contributed by atoms with Gasteiger partial charge < -0.3 is 14.6 Å². The molecule has 0 radical (unpaired) electrons. The van der Waals surface area contributed by atoms with Gasteiger partial charge >= 0.3 is 0 Å². The number of para-hydroxylation sites is 2. The minimum atomic E-state index is -0.0306. The molecule has 1 N–H and O–H groups in total. The number of unbranched alkanes of at least 4 members (excludes halogenated alkanes) is 2. The highest BCUT2D eigenvalue weighted by Crippen LogP contribution is 2.22. The van der Waals surface area contributed by atoms with E-state index in [0.717, 1.165) is 59.3 Å². The summed E-state index contributed by atoms with van der Waals surface area (Å²) < 4.78 is 9.32. The van der Waals surface area contributed by atoms with Crippen molar-refractivity contribution >= 4 is 32.9 Å². The van der Waals surface area contributed by atoms with Gasteiger partial charge in [0, 0.05) is 23.0 Å². The molecule has 0 atom stereocenters. The summed E-state index contributed by atoms with van der Waals surface area (Å²) in [6, 6.07) is 21.9. The minimum absolute atomic E-state index is 0.0306. The Morgan fingerprint density at radius 1 is 1.00 bits per heavy atom. The Morgan fingerprint density at radius 3 is 2.69 bits per heavy atom. The van der Waals surface area contributed by atoms with Crippen LogP contribution in [0, 0.1) is 13.8 Å². The van der Waals surface area contributed by atoms with Crippen molar-refractivity contribution in [1.29, 1.82) is 0 Å². The summed E-state index contributed by atoms with van der Waals surface area (Å²) in [5.41, 5.74) is 5.28. The van der Waals surface area contributed by atoms with Gasteiger partial charge in [0.25, 0.3) is 5.91 Å². The van der Waals surface area contributed by atoms with E-state index in [-0.39, 0.29) is 5.91 Å². The molecule has 182 valence electrons. The highest BCUT2D eigenvalue weighted by atomic mass is 79.9. The largest absolute Gasteiger partial charge is 0.491 e. The van der Waals surface area contributed by atoms with Crippen LogP contribution in [0.3, 0.4) is 0 Å². The van der Waals surface area contributed by atoms with Crippen LogP contribution in [0.25, 0.3) is 11.0 Å². The lowest BCUT2D eigenvalue weighted by atomic mass is 10.1. The number of nitrogens with zero attached hydrogens (tertiary/aromatic N) is 2. The first-order valence-corrected chi connectivity index (χ1v) is 13.0. The van der Waals surface area contributed by atoms with Crippen molar-refractivity contribution in [2.45, 2.75) is 46.1 Å². The average Bonchev–Trinajstić information content (AvgIpc) is 3.21. The zero-order chi connectivity index (χ0) is 24.6. The summed E-state index contributed by atoms with van der Waals surface area (Å²) in [6.45, 7) is 6.23. The molecule has 3 aromatic carbocycles. The molecule has 0 saturated carbocycles. The zero-order valence-corrected chi connectivity index (χ0v) is 22.0. The zero-order valence-electron chi connectivity index (χ0n) is 20.4. The normalized spacial score (nSPS) is 11.1. The van der Waals surface area contributed by atoms with Gasteiger partial charge in [-0.2, -0.15) is 0 Å². The second-order valence-electron chi connectivity index (χ2n) is 8.79. The number of imidazole rings is 1. The summed E-state index contributed by atoms with van der Waals surface area (Å²) >= 11 is 3.41. The van der Waals surface area contributed by atoms with Crippen molar-refractivity contribution in [3.63, 3.8) is 0 Å². The molecule has 4 rings (SSSR count). The molecule has 1 aromatic heterocycles.